The first-order chi connectivity index (χ1) is 14.1. The third kappa shape index (κ3) is 8.66. The predicted molar refractivity (Wildman–Crippen MR) is 121 cm³/mol. The highest BCUT2D eigenvalue weighted by atomic mass is 16.6. The van der Waals surface area contributed by atoms with Crippen LogP contribution in [0.15, 0.2) is 54.6 Å². The van der Waals surface area contributed by atoms with Crippen molar-refractivity contribution in [1.29, 1.82) is 0 Å². The molecule has 2 aromatic rings. The van der Waals surface area contributed by atoms with E-state index in [9.17, 15) is 9.59 Å². The third-order valence-corrected chi connectivity index (χ3v) is 4.54. The standard InChI is InChI=1S/C24H33N3O3/c1-24(2,3)30-23(29)26-20-13-11-19(12-14-20)16-22(28)25-17-21(27(4)5)15-18-9-7-6-8-10-18/h6-14,21H,15-17H2,1-5H3,(H,25,28)(H,26,29)/t21-/m0/s1. The molecule has 2 rings (SSSR count). The summed E-state index contributed by atoms with van der Waals surface area (Å²) in [5.74, 6) is -0.0252. The van der Waals surface area contributed by atoms with E-state index in [2.05, 4.69) is 27.7 Å². The zero-order chi connectivity index (χ0) is 22.1. The molecular weight excluding hydrogens is 378 g/mol. The molecule has 0 bridgehead atoms. The predicted octanol–water partition coefficient (Wildman–Crippen LogP) is 3.87. The lowest BCUT2D eigenvalue weighted by molar-refractivity contribution is -0.120. The Morgan fingerprint density at radius 2 is 1.60 bits per heavy atom. The minimum atomic E-state index is -0.549. The maximum atomic E-state index is 12.4. The Bertz CT molecular complexity index is 812. The fraction of sp³-hybridized carbons (Fsp3) is 0.417. The van der Waals surface area contributed by atoms with Crippen LogP contribution in [0, 0.1) is 0 Å². The molecule has 0 aromatic heterocycles. The molecule has 162 valence electrons. The van der Waals surface area contributed by atoms with Crippen LogP contribution in [0.25, 0.3) is 0 Å². The second-order valence-corrected chi connectivity index (χ2v) is 8.61. The molecule has 0 spiro atoms. The van der Waals surface area contributed by atoms with E-state index < -0.39 is 11.7 Å². The molecule has 0 aliphatic heterocycles. The zero-order valence-corrected chi connectivity index (χ0v) is 18.6. The highest BCUT2D eigenvalue weighted by Gasteiger charge is 2.16. The van der Waals surface area contributed by atoms with E-state index in [4.69, 9.17) is 4.74 Å². The van der Waals surface area contributed by atoms with Crippen molar-refractivity contribution >= 4 is 17.7 Å². The normalized spacial score (nSPS) is 12.3. The van der Waals surface area contributed by atoms with Crippen LogP contribution < -0.4 is 10.6 Å². The van der Waals surface area contributed by atoms with Crippen LogP contribution in [0.2, 0.25) is 0 Å². The van der Waals surface area contributed by atoms with Gasteiger partial charge in [0.1, 0.15) is 5.60 Å². The van der Waals surface area contributed by atoms with Gasteiger partial charge in [0.25, 0.3) is 0 Å². The first kappa shape index (κ1) is 23.4. The van der Waals surface area contributed by atoms with Crippen LogP contribution in [-0.4, -0.2) is 49.2 Å². The van der Waals surface area contributed by atoms with E-state index in [0.29, 0.717) is 12.2 Å². The number of rotatable bonds is 8. The lowest BCUT2D eigenvalue weighted by atomic mass is 10.0. The van der Waals surface area contributed by atoms with Crippen molar-refractivity contribution in [1.82, 2.24) is 10.2 Å². The molecule has 2 N–H and O–H groups in total. The Labute approximate surface area is 179 Å². The molecule has 1 atom stereocenters. The largest absolute Gasteiger partial charge is 0.444 e. The van der Waals surface area contributed by atoms with E-state index in [-0.39, 0.29) is 18.4 Å². The summed E-state index contributed by atoms with van der Waals surface area (Å²) in [5, 5.41) is 5.72. The minimum absolute atomic E-state index is 0.0252. The van der Waals surface area contributed by atoms with Gasteiger partial charge >= 0.3 is 6.09 Å². The lowest BCUT2D eigenvalue weighted by Crippen LogP contribution is -2.42. The van der Waals surface area contributed by atoms with Crippen molar-refractivity contribution in [2.75, 3.05) is 26.0 Å². The average molecular weight is 412 g/mol. The molecule has 6 heteroatoms. The van der Waals surface area contributed by atoms with Gasteiger partial charge in [0.2, 0.25) is 5.91 Å². The minimum Gasteiger partial charge on any atom is -0.444 e. The summed E-state index contributed by atoms with van der Waals surface area (Å²) in [7, 11) is 4.05. The first-order valence-electron chi connectivity index (χ1n) is 10.2. The molecule has 0 saturated heterocycles. The Balaban J connectivity index is 1.83. The molecular formula is C24H33N3O3. The number of amides is 2. The molecule has 0 saturated carbocycles. The summed E-state index contributed by atoms with van der Waals surface area (Å²) >= 11 is 0. The maximum Gasteiger partial charge on any atom is 0.412 e. The summed E-state index contributed by atoms with van der Waals surface area (Å²) < 4.78 is 5.23. The molecule has 6 nitrogen and oxygen atoms in total. The number of likely N-dealkylation sites (N-methyl/N-ethyl adjacent to an activating group) is 1. The van der Waals surface area contributed by atoms with Crippen LogP contribution in [0.1, 0.15) is 31.9 Å². The summed E-state index contributed by atoms with van der Waals surface area (Å²) in [6, 6.07) is 17.7. The van der Waals surface area contributed by atoms with Gasteiger partial charge in [0.15, 0.2) is 0 Å². The Morgan fingerprint density at radius 1 is 0.967 bits per heavy atom. The molecule has 0 fully saturated rings. The topological polar surface area (TPSA) is 70.7 Å². The average Bonchev–Trinajstić information content (AvgIpc) is 2.65. The lowest BCUT2D eigenvalue weighted by Gasteiger charge is -2.25. The third-order valence-electron chi connectivity index (χ3n) is 4.54. The fourth-order valence-electron chi connectivity index (χ4n) is 2.93. The quantitative estimate of drug-likeness (QED) is 0.692. The number of carbonyl (C=O) groups is 2. The van der Waals surface area contributed by atoms with Gasteiger partial charge in [0.05, 0.1) is 6.42 Å². The second-order valence-electron chi connectivity index (χ2n) is 8.61. The first-order valence-corrected chi connectivity index (χ1v) is 10.2. The SMILES string of the molecule is CN(C)[C@H](CNC(=O)Cc1ccc(NC(=O)OC(C)(C)C)cc1)Cc1ccccc1. The summed E-state index contributed by atoms with van der Waals surface area (Å²) in [5.41, 5.74) is 2.21. The molecule has 2 aromatic carbocycles. The summed E-state index contributed by atoms with van der Waals surface area (Å²) in [6.07, 6.45) is 0.665. The van der Waals surface area contributed by atoms with Crippen LogP contribution >= 0.6 is 0 Å². The number of anilines is 1. The van der Waals surface area contributed by atoms with Gasteiger partial charge in [-0.3, -0.25) is 10.1 Å². The van der Waals surface area contributed by atoms with Crippen molar-refractivity contribution < 1.29 is 14.3 Å². The van der Waals surface area contributed by atoms with Crippen molar-refractivity contribution in [3.63, 3.8) is 0 Å². The van der Waals surface area contributed by atoms with Gasteiger partial charge in [-0.25, -0.2) is 4.79 Å². The number of nitrogens with zero attached hydrogens (tertiary/aromatic N) is 1. The number of hydrogen-bond donors (Lipinski definition) is 2. The molecule has 30 heavy (non-hydrogen) atoms. The van der Waals surface area contributed by atoms with Gasteiger partial charge in [-0.15, -0.1) is 0 Å². The van der Waals surface area contributed by atoms with Gasteiger partial charge in [0, 0.05) is 18.3 Å². The van der Waals surface area contributed by atoms with Gasteiger partial charge < -0.3 is 15.0 Å². The highest BCUT2D eigenvalue weighted by Crippen LogP contribution is 2.13. The summed E-state index contributed by atoms with van der Waals surface area (Å²) in [4.78, 5) is 26.3. The number of hydrogen-bond acceptors (Lipinski definition) is 4. The monoisotopic (exact) mass is 411 g/mol. The van der Waals surface area contributed by atoms with Crippen molar-refractivity contribution in [3.8, 4) is 0 Å². The Morgan fingerprint density at radius 3 is 2.17 bits per heavy atom. The molecule has 0 aliphatic carbocycles. The van der Waals surface area contributed by atoms with Gasteiger partial charge in [-0.05, 0) is 64.5 Å². The van der Waals surface area contributed by atoms with E-state index in [1.807, 2.05) is 65.2 Å². The summed E-state index contributed by atoms with van der Waals surface area (Å²) in [6.45, 7) is 6.03. The smallest absolute Gasteiger partial charge is 0.412 e. The van der Waals surface area contributed by atoms with Crippen molar-refractivity contribution in [2.24, 2.45) is 0 Å². The molecule has 0 radical (unpaired) electrons. The second kappa shape index (κ2) is 10.8. The number of carbonyl (C=O) groups excluding carboxylic acids is 2. The number of benzene rings is 2. The van der Waals surface area contributed by atoms with Crippen molar-refractivity contribution in [2.45, 2.75) is 45.3 Å². The van der Waals surface area contributed by atoms with E-state index in [0.717, 1.165) is 12.0 Å². The number of ether oxygens (including phenoxy) is 1. The van der Waals surface area contributed by atoms with Crippen molar-refractivity contribution in [3.05, 3.63) is 65.7 Å². The maximum absolute atomic E-state index is 12.4. The molecule has 0 unspecified atom stereocenters. The zero-order valence-electron chi connectivity index (χ0n) is 18.6. The van der Waals surface area contributed by atoms with Gasteiger partial charge in [-0.2, -0.15) is 0 Å². The molecule has 0 aliphatic rings. The highest BCUT2D eigenvalue weighted by molar-refractivity contribution is 5.85. The van der Waals surface area contributed by atoms with E-state index >= 15 is 0 Å². The number of nitrogens with one attached hydrogen (secondary N) is 2. The van der Waals surface area contributed by atoms with E-state index in [1.165, 1.54) is 5.56 Å². The van der Waals surface area contributed by atoms with E-state index in [1.54, 1.807) is 12.1 Å². The molecule has 0 heterocycles. The van der Waals surface area contributed by atoms with Crippen LogP contribution in [-0.2, 0) is 22.4 Å². The fourth-order valence-corrected chi connectivity index (χ4v) is 2.93. The van der Waals surface area contributed by atoms with Crippen LogP contribution in [0.4, 0.5) is 10.5 Å². The Kier molecular flexibility index (Phi) is 8.42. The molecule has 2 amide bonds. The van der Waals surface area contributed by atoms with Gasteiger partial charge in [-0.1, -0.05) is 42.5 Å². The Hall–Kier alpha value is -2.86. The van der Waals surface area contributed by atoms with Crippen LogP contribution in [0.5, 0.6) is 0 Å². The van der Waals surface area contributed by atoms with Crippen LogP contribution in [0.3, 0.4) is 0 Å².